The van der Waals surface area contributed by atoms with E-state index in [4.69, 9.17) is 2.74 Å². The number of fused-ring (bicyclic) bond motifs is 17. The summed E-state index contributed by atoms with van der Waals surface area (Å²) in [6.07, 6.45) is 0. The van der Waals surface area contributed by atoms with Gasteiger partial charge in [0.25, 0.3) is 6.71 Å². The summed E-state index contributed by atoms with van der Waals surface area (Å²) in [5, 5.41) is 8.84. The number of hydrogen-bond donors (Lipinski definition) is 0. The zero-order valence-electron chi connectivity index (χ0n) is 66.0. The van der Waals surface area contributed by atoms with E-state index < -0.39 is 43.0 Å². The zero-order chi connectivity index (χ0) is 75.9. The lowest BCUT2D eigenvalue weighted by molar-refractivity contribution is 0.590. The lowest BCUT2D eigenvalue weighted by Crippen LogP contribution is -2.61. The van der Waals surface area contributed by atoms with Gasteiger partial charge in [0.2, 0.25) is 0 Å². The van der Waals surface area contributed by atoms with Crippen LogP contribution in [0.4, 0.5) is 34.1 Å². The number of aromatic nitrogens is 2. The van der Waals surface area contributed by atoms with Crippen LogP contribution >= 0.6 is 0 Å². The van der Waals surface area contributed by atoms with Gasteiger partial charge in [0.15, 0.2) is 0 Å². The first-order valence-corrected chi connectivity index (χ1v) is 35.6. The summed E-state index contributed by atoms with van der Waals surface area (Å²) in [6, 6.07) is 100. The maximum Gasteiger partial charge on any atom is 0.252 e. The molecule has 2 aliphatic rings. The molecule has 0 radical (unpaired) electrons. The van der Waals surface area contributed by atoms with Crippen LogP contribution in [0.1, 0.15) is 63.6 Å². The van der Waals surface area contributed by atoms with Crippen molar-refractivity contribution in [1.29, 1.82) is 0 Å². The summed E-state index contributed by atoms with van der Waals surface area (Å²) in [7, 11) is 0. The van der Waals surface area contributed by atoms with E-state index >= 15 is 0 Å². The van der Waals surface area contributed by atoms with E-state index in [9.17, 15) is 8.22 Å². The number of rotatable bonds is 7. The molecule has 15 aromatic carbocycles. The minimum atomic E-state index is -0.562. The molecule has 488 valence electrons. The molecule has 0 aliphatic carbocycles. The van der Waals surface area contributed by atoms with E-state index in [1.807, 2.05) is 6.07 Å². The van der Waals surface area contributed by atoms with Crippen LogP contribution in [-0.2, 0) is 10.8 Å². The van der Waals surface area contributed by atoms with E-state index in [2.05, 4.69) is 335 Å². The van der Waals surface area contributed by atoms with Gasteiger partial charge in [-0.05, 0) is 160 Å². The molecule has 0 spiro atoms. The fourth-order valence-electron chi connectivity index (χ4n) is 17.0. The van der Waals surface area contributed by atoms with Crippen molar-refractivity contribution in [2.45, 2.75) is 52.4 Å². The quantitative estimate of drug-likeness (QED) is 0.148. The average Bonchev–Trinajstić information content (AvgIpc) is 1.15. The lowest BCUT2D eigenvalue weighted by Gasteiger charge is -2.46. The van der Waals surface area contributed by atoms with E-state index in [0.29, 0.717) is 5.69 Å². The van der Waals surface area contributed by atoms with Crippen molar-refractivity contribution < 1.29 is 11.0 Å². The Labute approximate surface area is 612 Å². The molecule has 103 heavy (non-hydrogen) atoms. The largest absolute Gasteiger partial charge is 0.311 e. The number of nitrogens with zero attached hydrogens (tertiary/aromatic N) is 4. The highest BCUT2D eigenvalue weighted by Crippen LogP contribution is 2.55. The van der Waals surface area contributed by atoms with Crippen molar-refractivity contribution in [3.05, 3.63) is 345 Å². The lowest BCUT2D eigenvalue weighted by atomic mass is 9.33. The van der Waals surface area contributed by atoms with Crippen LogP contribution in [0.3, 0.4) is 0 Å². The molecular weight excluding hydrogens is 1240 g/mol. The Morgan fingerprint density at radius 3 is 1.34 bits per heavy atom. The Balaban J connectivity index is 1.04. The summed E-state index contributed by atoms with van der Waals surface area (Å²) in [4.78, 5) is 5.03. The van der Waals surface area contributed by atoms with Gasteiger partial charge in [-0.3, -0.25) is 0 Å². The van der Waals surface area contributed by atoms with Gasteiger partial charge in [-0.1, -0.05) is 302 Å². The Bertz CT molecular complexity index is 6950. The van der Waals surface area contributed by atoms with Gasteiger partial charge < -0.3 is 18.8 Å². The number of para-hydroxylation sites is 4. The third kappa shape index (κ3) is 9.38. The highest BCUT2D eigenvalue weighted by Gasteiger charge is 2.46. The topological polar surface area (TPSA) is 15.8 Å². The highest BCUT2D eigenvalue weighted by molar-refractivity contribution is 7.00. The second kappa shape index (κ2) is 23.1. The van der Waals surface area contributed by atoms with Gasteiger partial charge in [-0.2, -0.15) is 0 Å². The van der Waals surface area contributed by atoms with Crippen LogP contribution in [-0.4, -0.2) is 15.7 Å². The van der Waals surface area contributed by atoms with E-state index in [1.165, 1.54) is 5.56 Å². The minimum absolute atomic E-state index is 0.00725. The third-order valence-electron chi connectivity index (χ3n) is 21.8. The van der Waals surface area contributed by atoms with Crippen molar-refractivity contribution in [3.63, 3.8) is 0 Å². The molecule has 0 bridgehead atoms. The van der Waals surface area contributed by atoms with Gasteiger partial charge in [-0.25, -0.2) is 0 Å². The van der Waals surface area contributed by atoms with Gasteiger partial charge in [0.1, 0.15) is 0 Å². The van der Waals surface area contributed by atoms with Crippen LogP contribution in [0.25, 0.3) is 132 Å². The molecule has 18 aromatic rings. The average molecular weight is 1330 g/mol. The molecule has 0 N–H and O–H groups in total. The Kier molecular flexibility index (Phi) is 11.8. The summed E-state index contributed by atoms with van der Waals surface area (Å²) in [6.45, 7) is 13.1. The number of anilines is 6. The molecule has 0 unspecified atom stereocenters. The van der Waals surface area contributed by atoms with Crippen molar-refractivity contribution in [2.75, 3.05) is 9.80 Å². The summed E-state index contributed by atoms with van der Waals surface area (Å²) in [5.74, 6) is 0. The predicted molar refractivity (Wildman–Crippen MR) is 441 cm³/mol. The van der Waals surface area contributed by atoms with Crippen LogP contribution in [0, 0.1) is 0 Å². The van der Waals surface area contributed by atoms with Gasteiger partial charge in [0, 0.05) is 77.4 Å². The van der Waals surface area contributed by atoms with Gasteiger partial charge in [-0.15, -0.1) is 0 Å². The molecule has 0 atom stereocenters. The van der Waals surface area contributed by atoms with Crippen LogP contribution < -0.4 is 26.2 Å². The maximum atomic E-state index is 9.93. The van der Waals surface area contributed by atoms with E-state index in [-0.39, 0.29) is 44.7 Å². The molecular formula is C98H73BN4. The van der Waals surface area contributed by atoms with Gasteiger partial charge in [0.05, 0.1) is 49.9 Å². The molecule has 0 fully saturated rings. The van der Waals surface area contributed by atoms with Crippen molar-refractivity contribution >= 4 is 139 Å². The first kappa shape index (κ1) is 52.6. The summed E-state index contributed by atoms with van der Waals surface area (Å²) in [5.41, 5.74) is 21.8. The second-order valence-corrected chi connectivity index (χ2v) is 29.7. The predicted octanol–water partition coefficient (Wildman–Crippen LogP) is 24.7. The zero-order valence-corrected chi connectivity index (χ0v) is 58.0. The van der Waals surface area contributed by atoms with Crippen LogP contribution in [0.15, 0.2) is 333 Å². The van der Waals surface area contributed by atoms with Crippen molar-refractivity contribution in [3.8, 4) is 50.2 Å². The summed E-state index contributed by atoms with van der Waals surface area (Å²) >= 11 is 0. The van der Waals surface area contributed by atoms with Crippen molar-refractivity contribution in [1.82, 2.24) is 8.97 Å². The smallest absolute Gasteiger partial charge is 0.252 e. The molecule has 2 aliphatic heterocycles. The molecule has 3 aromatic heterocycles. The first-order chi connectivity index (χ1) is 53.7. The number of benzene rings is 15. The standard InChI is InChI=1S/C98H73BN4/c1-97(2,3)67-50-53-88(79(56-67)63-32-13-8-14-33-63)101-91-61-89-82(73-41-22-20-39-71(73)70-38-19-21-40-72(70)77-45-29-46-78-76-44-25-28-49-87(76)102(89)95(77)78)60-84(91)99-83-52-51-69(100-85-47-26-23-42-74(85)75-43-24-27-48-86(75)100)59-90(83)103(93-55-66(54-92(101)94(93)99)62-30-11-7-12-31-62)96-80(64-34-15-9-16-35-64)57-68(98(4,5)6)58-81(96)65-36-17-10-18-37-65/h7-61H,1-6H3/i23D,24D,26D,27D,42D,43D,47D,48D. The van der Waals surface area contributed by atoms with E-state index in [0.717, 1.165) is 160 Å². The maximum absolute atomic E-state index is 9.93. The monoisotopic (exact) mass is 1320 g/mol. The molecule has 0 saturated carbocycles. The molecule has 5 heterocycles. The summed E-state index contributed by atoms with van der Waals surface area (Å²) < 4.78 is 80.3. The Morgan fingerprint density at radius 2 is 0.757 bits per heavy atom. The molecule has 0 amide bonds. The molecule has 20 rings (SSSR count). The molecule has 0 saturated heterocycles. The highest BCUT2D eigenvalue weighted by atomic mass is 15.2. The molecule has 5 heteroatoms. The fraction of sp³-hybridized carbons (Fsp3) is 0.0816. The van der Waals surface area contributed by atoms with Gasteiger partial charge >= 0.3 is 0 Å². The minimum Gasteiger partial charge on any atom is -0.311 e. The fourth-order valence-corrected chi connectivity index (χ4v) is 17.0. The first-order valence-electron chi connectivity index (χ1n) is 39.6. The Morgan fingerprint density at radius 1 is 0.291 bits per heavy atom. The SMILES string of the molecule is [2H]c1c([2H])c([2H])c2c(c1[2H])c1c([2H])c([2H])c([2H])c([2H])c1n2-c1ccc2c(c1)N(c1c(-c3ccccc3)cc(C(C)(C)C)cc1-c1ccccc1)c1cc(-c3ccccc3)cc3c1B2c1cc2c4ccccc4c4ccccc4c4cccc5c6ccccc6n(c2cc1N3c1ccc(C(C)(C)C)cc1-c1ccccc1)c45. The normalized spacial score (nSPS) is 14.0. The van der Waals surface area contributed by atoms with Crippen LogP contribution in [0.2, 0.25) is 0 Å². The van der Waals surface area contributed by atoms with Crippen LogP contribution in [0.5, 0.6) is 0 Å². The van der Waals surface area contributed by atoms with Crippen molar-refractivity contribution in [2.24, 2.45) is 0 Å². The third-order valence-corrected chi connectivity index (χ3v) is 21.8. The van der Waals surface area contributed by atoms with E-state index in [1.54, 1.807) is 4.57 Å². The molecule has 4 nitrogen and oxygen atoms in total. The Hall–Kier alpha value is -12.4. The number of hydrogen-bond acceptors (Lipinski definition) is 2. The second-order valence-electron chi connectivity index (χ2n) is 29.7.